The Balaban J connectivity index is 1.85. The monoisotopic (exact) mass is 351 g/mol. The van der Waals surface area contributed by atoms with E-state index in [1.54, 1.807) is 35.2 Å². The van der Waals surface area contributed by atoms with Crippen LogP contribution in [-0.2, 0) is 11.2 Å². The highest BCUT2D eigenvalue weighted by Crippen LogP contribution is 2.35. The van der Waals surface area contributed by atoms with E-state index >= 15 is 0 Å². The molecule has 132 valence electrons. The van der Waals surface area contributed by atoms with E-state index in [2.05, 4.69) is 11.9 Å². The fourth-order valence-electron chi connectivity index (χ4n) is 3.07. The lowest BCUT2D eigenvalue weighted by molar-refractivity contribution is -0.384. The predicted octanol–water partition coefficient (Wildman–Crippen LogP) is 3.31. The molecule has 1 heterocycles. The number of hydrogen-bond donors (Lipinski definition) is 1. The van der Waals surface area contributed by atoms with Gasteiger partial charge in [0.1, 0.15) is 0 Å². The van der Waals surface area contributed by atoms with E-state index in [-0.39, 0.29) is 23.5 Å². The number of amides is 2. The number of nitrogens with one attached hydrogen (secondary N) is 1. The van der Waals surface area contributed by atoms with Crippen molar-refractivity contribution in [3.05, 3.63) is 76.4 Å². The summed E-state index contributed by atoms with van der Waals surface area (Å²) in [4.78, 5) is 36.4. The number of hydrogen-bond acceptors (Lipinski definition) is 4. The summed E-state index contributed by atoms with van der Waals surface area (Å²) in [7, 11) is 0. The van der Waals surface area contributed by atoms with Crippen LogP contribution in [0.5, 0.6) is 0 Å². The summed E-state index contributed by atoms with van der Waals surface area (Å²) in [5.74, 6) is -0.514. The van der Waals surface area contributed by atoms with Crippen LogP contribution in [-0.4, -0.2) is 22.8 Å². The molecule has 0 saturated heterocycles. The average molecular weight is 351 g/mol. The molecule has 1 unspecified atom stereocenters. The maximum atomic E-state index is 12.9. The van der Waals surface area contributed by atoms with E-state index in [9.17, 15) is 19.7 Å². The average Bonchev–Trinajstić information content (AvgIpc) is 2.96. The maximum absolute atomic E-state index is 12.9. The normalized spacial score (nSPS) is 15.3. The highest BCUT2D eigenvalue weighted by Gasteiger charge is 2.32. The Hall–Kier alpha value is -3.48. The molecule has 0 bridgehead atoms. The minimum absolute atomic E-state index is 0.0209. The highest BCUT2D eigenvalue weighted by molar-refractivity contribution is 6.08. The summed E-state index contributed by atoms with van der Waals surface area (Å²) in [5, 5.41) is 13.6. The van der Waals surface area contributed by atoms with Crippen LogP contribution in [0.2, 0.25) is 0 Å². The number of nitro benzene ring substituents is 1. The topological polar surface area (TPSA) is 92.6 Å². The first-order chi connectivity index (χ1) is 12.4. The summed E-state index contributed by atoms with van der Waals surface area (Å²) < 4.78 is 0. The molecule has 7 heteroatoms. The molecule has 0 saturated carbocycles. The van der Waals surface area contributed by atoms with Gasteiger partial charge in [0.15, 0.2) is 0 Å². The molecule has 0 radical (unpaired) electrons. The van der Waals surface area contributed by atoms with Crippen molar-refractivity contribution in [3.8, 4) is 0 Å². The molecule has 0 fully saturated rings. The number of carbonyl (C=O) groups is 2. The first-order valence-electron chi connectivity index (χ1n) is 8.05. The summed E-state index contributed by atoms with van der Waals surface area (Å²) >= 11 is 0. The molecule has 2 aromatic carbocycles. The van der Waals surface area contributed by atoms with Gasteiger partial charge >= 0.3 is 0 Å². The lowest BCUT2D eigenvalue weighted by Crippen LogP contribution is -2.35. The first-order valence-corrected chi connectivity index (χ1v) is 8.05. The molecule has 7 nitrogen and oxygen atoms in total. The second kappa shape index (κ2) is 6.79. The minimum Gasteiger partial charge on any atom is -0.323 e. The number of benzene rings is 2. The van der Waals surface area contributed by atoms with Crippen LogP contribution in [0.15, 0.2) is 55.1 Å². The fraction of sp³-hybridized carbons (Fsp3) is 0.158. The van der Waals surface area contributed by atoms with Gasteiger partial charge in [0, 0.05) is 35.1 Å². The smallest absolute Gasteiger partial charge is 0.269 e. The molecule has 0 spiro atoms. The molecular formula is C19H17N3O4. The van der Waals surface area contributed by atoms with Gasteiger partial charge in [-0.15, -0.1) is 0 Å². The summed E-state index contributed by atoms with van der Waals surface area (Å²) in [6.07, 6.45) is 1.73. The van der Waals surface area contributed by atoms with Gasteiger partial charge in [-0.2, -0.15) is 0 Å². The Morgan fingerprint density at radius 3 is 2.58 bits per heavy atom. The van der Waals surface area contributed by atoms with Gasteiger partial charge < -0.3 is 10.2 Å². The van der Waals surface area contributed by atoms with Crippen LogP contribution >= 0.6 is 0 Å². The van der Waals surface area contributed by atoms with Crippen molar-refractivity contribution in [1.29, 1.82) is 0 Å². The van der Waals surface area contributed by atoms with Crippen molar-refractivity contribution >= 4 is 28.9 Å². The minimum atomic E-state index is -0.439. The van der Waals surface area contributed by atoms with E-state index in [0.717, 1.165) is 5.56 Å². The standard InChI is InChI=1S/C19H17N3O4/c1-3-18(23)20-15-6-4-13(5-7-15)19(24)21-12(2)10-14-11-16(22(25)26)8-9-17(14)21/h3-9,11-12H,1,10H2,2H3,(H,20,23). The van der Waals surface area contributed by atoms with Crippen molar-refractivity contribution in [2.45, 2.75) is 19.4 Å². The van der Waals surface area contributed by atoms with E-state index in [1.807, 2.05) is 6.92 Å². The molecule has 1 aliphatic rings. The summed E-state index contributed by atoms with van der Waals surface area (Å²) in [5.41, 5.74) is 2.54. The van der Waals surface area contributed by atoms with Crippen LogP contribution < -0.4 is 10.2 Å². The summed E-state index contributed by atoms with van der Waals surface area (Å²) in [6, 6.07) is 11.0. The Labute approximate surface area is 150 Å². The Morgan fingerprint density at radius 2 is 1.96 bits per heavy atom. The Kier molecular flexibility index (Phi) is 4.53. The van der Waals surface area contributed by atoms with Gasteiger partial charge in [-0.25, -0.2) is 0 Å². The van der Waals surface area contributed by atoms with Crippen molar-refractivity contribution in [3.63, 3.8) is 0 Å². The molecule has 26 heavy (non-hydrogen) atoms. The zero-order chi connectivity index (χ0) is 18.8. The number of fused-ring (bicyclic) bond motifs is 1. The number of carbonyl (C=O) groups excluding carboxylic acids is 2. The van der Waals surface area contributed by atoms with Gasteiger partial charge in [-0.1, -0.05) is 6.58 Å². The number of nitrogens with zero attached hydrogens (tertiary/aromatic N) is 2. The van der Waals surface area contributed by atoms with Crippen LogP contribution in [0.25, 0.3) is 0 Å². The third-order valence-corrected chi connectivity index (χ3v) is 4.29. The second-order valence-electron chi connectivity index (χ2n) is 6.07. The van der Waals surface area contributed by atoms with Crippen LogP contribution in [0, 0.1) is 10.1 Å². The van der Waals surface area contributed by atoms with Gasteiger partial charge in [0.05, 0.1) is 4.92 Å². The molecule has 1 aliphatic heterocycles. The molecule has 0 aliphatic carbocycles. The molecule has 2 amide bonds. The van der Waals surface area contributed by atoms with Crippen LogP contribution in [0.1, 0.15) is 22.8 Å². The third kappa shape index (κ3) is 3.19. The zero-order valence-electron chi connectivity index (χ0n) is 14.1. The number of anilines is 2. The highest BCUT2D eigenvalue weighted by atomic mass is 16.6. The van der Waals surface area contributed by atoms with E-state index in [0.29, 0.717) is 23.4 Å². The van der Waals surface area contributed by atoms with Gasteiger partial charge in [0.2, 0.25) is 5.91 Å². The number of non-ortho nitro benzene ring substituents is 1. The third-order valence-electron chi connectivity index (χ3n) is 4.29. The molecule has 1 N–H and O–H groups in total. The molecule has 2 aromatic rings. The first kappa shape index (κ1) is 17.3. The van der Waals surface area contributed by atoms with Crippen molar-refractivity contribution in [1.82, 2.24) is 0 Å². The predicted molar refractivity (Wildman–Crippen MR) is 98.3 cm³/mol. The largest absolute Gasteiger partial charge is 0.323 e. The van der Waals surface area contributed by atoms with Crippen molar-refractivity contribution in [2.24, 2.45) is 0 Å². The molecule has 0 aromatic heterocycles. The van der Waals surface area contributed by atoms with Crippen molar-refractivity contribution < 1.29 is 14.5 Å². The summed E-state index contributed by atoms with van der Waals surface area (Å²) in [6.45, 7) is 5.29. The van der Waals surface area contributed by atoms with Crippen molar-refractivity contribution in [2.75, 3.05) is 10.2 Å². The molecule has 1 atom stereocenters. The van der Waals surface area contributed by atoms with Gasteiger partial charge in [-0.05, 0) is 55.3 Å². The van der Waals surface area contributed by atoms with E-state index < -0.39 is 4.92 Å². The molecule has 3 rings (SSSR count). The maximum Gasteiger partial charge on any atom is 0.269 e. The Bertz CT molecular complexity index is 906. The number of rotatable bonds is 4. The van der Waals surface area contributed by atoms with E-state index in [1.165, 1.54) is 18.2 Å². The SMILES string of the molecule is C=CC(=O)Nc1ccc(C(=O)N2c3ccc([N+](=O)[O-])cc3CC2C)cc1. The van der Waals surface area contributed by atoms with Crippen LogP contribution in [0.3, 0.4) is 0 Å². The fourth-order valence-corrected chi connectivity index (χ4v) is 3.07. The Morgan fingerprint density at radius 1 is 1.27 bits per heavy atom. The zero-order valence-corrected chi connectivity index (χ0v) is 14.1. The lowest BCUT2D eigenvalue weighted by Gasteiger charge is -2.23. The molecular weight excluding hydrogens is 334 g/mol. The lowest BCUT2D eigenvalue weighted by atomic mass is 10.1. The van der Waals surface area contributed by atoms with E-state index in [4.69, 9.17) is 0 Å². The quantitative estimate of drug-likeness (QED) is 0.519. The van der Waals surface area contributed by atoms with Gasteiger partial charge in [-0.3, -0.25) is 19.7 Å². The second-order valence-corrected chi connectivity index (χ2v) is 6.07. The van der Waals surface area contributed by atoms with Gasteiger partial charge in [0.25, 0.3) is 11.6 Å². The number of nitro groups is 1. The van der Waals surface area contributed by atoms with Crippen LogP contribution in [0.4, 0.5) is 17.1 Å².